The van der Waals surface area contributed by atoms with Crippen LogP contribution in [0.25, 0.3) is 0 Å². The molecule has 0 aromatic heterocycles. The third-order valence-corrected chi connectivity index (χ3v) is 2.00. The monoisotopic (exact) mass is 196 g/mol. The highest BCUT2D eigenvalue weighted by atomic mass is 32.1. The van der Waals surface area contributed by atoms with Gasteiger partial charge in [0.2, 0.25) is 0 Å². The number of benzene rings is 1. The lowest BCUT2D eigenvalue weighted by Crippen LogP contribution is -2.23. The smallest absolute Gasteiger partial charge is 0.170 e. The first-order valence-electron chi connectivity index (χ1n) is 3.92. The van der Waals surface area contributed by atoms with Crippen LogP contribution in [0.15, 0.2) is 18.2 Å². The van der Waals surface area contributed by atoms with Crippen molar-refractivity contribution in [2.45, 2.75) is 6.92 Å². The molecular formula is C9H12N2OS. The number of nitrogens with one attached hydrogen (secondary N) is 2. The van der Waals surface area contributed by atoms with E-state index in [1.165, 1.54) is 0 Å². The molecule has 0 aliphatic heterocycles. The first kappa shape index (κ1) is 9.80. The normalized spacial score (nSPS) is 9.38. The van der Waals surface area contributed by atoms with Crippen molar-refractivity contribution < 1.29 is 5.11 Å². The lowest BCUT2D eigenvalue weighted by Gasteiger charge is -2.07. The maximum Gasteiger partial charge on any atom is 0.170 e. The molecule has 0 radical (unpaired) electrons. The molecule has 0 amide bonds. The fourth-order valence-corrected chi connectivity index (χ4v) is 0.999. The number of hydrogen-bond donors (Lipinski definition) is 3. The SMILES string of the molecule is CNC(=S)Nc1ccc(C)c(O)c1. The van der Waals surface area contributed by atoms with Gasteiger partial charge in [-0.25, -0.2) is 0 Å². The molecule has 0 aliphatic rings. The van der Waals surface area contributed by atoms with E-state index in [1.807, 2.05) is 19.1 Å². The Morgan fingerprint density at radius 3 is 2.69 bits per heavy atom. The van der Waals surface area contributed by atoms with Crippen LogP contribution in [0.1, 0.15) is 5.56 Å². The summed E-state index contributed by atoms with van der Waals surface area (Å²) in [6, 6.07) is 5.33. The van der Waals surface area contributed by atoms with E-state index in [2.05, 4.69) is 10.6 Å². The number of hydrogen-bond acceptors (Lipinski definition) is 2. The maximum absolute atomic E-state index is 9.38. The number of rotatable bonds is 1. The summed E-state index contributed by atoms with van der Waals surface area (Å²) in [6.07, 6.45) is 0. The van der Waals surface area contributed by atoms with Crippen LogP contribution < -0.4 is 10.6 Å². The van der Waals surface area contributed by atoms with Crippen LogP contribution in [0.3, 0.4) is 0 Å². The van der Waals surface area contributed by atoms with Crippen LogP contribution in [0.2, 0.25) is 0 Å². The van der Waals surface area contributed by atoms with Crippen LogP contribution in [0.4, 0.5) is 5.69 Å². The van der Waals surface area contributed by atoms with Gasteiger partial charge in [-0.05, 0) is 30.8 Å². The minimum atomic E-state index is 0.268. The van der Waals surface area contributed by atoms with E-state index < -0.39 is 0 Å². The fourth-order valence-electron chi connectivity index (χ4n) is 0.881. The van der Waals surface area contributed by atoms with E-state index in [4.69, 9.17) is 12.2 Å². The van der Waals surface area contributed by atoms with Crippen molar-refractivity contribution in [2.24, 2.45) is 0 Å². The van der Waals surface area contributed by atoms with Crippen molar-refractivity contribution in [1.29, 1.82) is 0 Å². The minimum Gasteiger partial charge on any atom is -0.508 e. The van der Waals surface area contributed by atoms with Crippen LogP contribution in [-0.4, -0.2) is 17.3 Å². The predicted octanol–water partition coefficient (Wildman–Crippen LogP) is 1.62. The molecule has 1 aromatic carbocycles. The molecule has 0 saturated heterocycles. The van der Waals surface area contributed by atoms with Crippen molar-refractivity contribution in [1.82, 2.24) is 5.32 Å². The molecular weight excluding hydrogens is 184 g/mol. The van der Waals surface area contributed by atoms with Crippen molar-refractivity contribution in [2.75, 3.05) is 12.4 Å². The average molecular weight is 196 g/mol. The summed E-state index contributed by atoms with van der Waals surface area (Å²) in [5, 5.41) is 15.6. The molecule has 0 heterocycles. The maximum atomic E-state index is 9.38. The number of thiocarbonyl (C=S) groups is 1. The summed E-state index contributed by atoms with van der Waals surface area (Å²) in [6.45, 7) is 1.84. The fraction of sp³-hybridized carbons (Fsp3) is 0.222. The summed E-state index contributed by atoms with van der Waals surface area (Å²) < 4.78 is 0. The summed E-state index contributed by atoms with van der Waals surface area (Å²) >= 11 is 4.91. The van der Waals surface area contributed by atoms with Gasteiger partial charge < -0.3 is 15.7 Å². The molecule has 0 fully saturated rings. The van der Waals surface area contributed by atoms with Crippen LogP contribution >= 0.6 is 12.2 Å². The molecule has 1 rings (SSSR count). The highest BCUT2D eigenvalue weighted by Crippen LogP contribution is 2.20. The molecule has 70 valence electrons. The Morgan fingerprint density at radius 1 is 1.46 bits per heavy atom. The Morgan fingerprint density at radius 2 is 2.15 bits per heavy atom. The van der Waals surface area contributed by atoms with E-state index in [0.29, 0.717) is 5.11 Å². The summed E-state index contributed by atoms with van der Waals surface area (Å²) in [5.41, 5.74) is 1.63. The standard InChI is InChI=1S/C9H12N2OS/c1-6-3-4-7(5-8(6)12)11-9(13)10-2/h3-5,12H,1-2H3,(H2,10,11,13). The van der Waals surface area contributed by atoms with Crippen molar-refractivity contribution in [3.63, 3.8) is 0 Å². The van der Waals surface area contributed by atoms with Crippen molar-refractivity contribution in [3.8, 4) is 5.75 Å². The third-order valence-electron chi connectivity index (χ3n) is 1.69. The Kier molecular flexibility index (Phi) is 3.08. The van der Waals surface area contributed by atoms with E-state index in [0.717, 1.165) is 11.3 Å². The highest BCUT2D eigenvalue weighted by molar-refractivity contribution is 7.80. The van der Waals surface area contributed by atoms with Crippen molar-refractivity contribution in [3.05, 3.63) is 23.8 Å². The minimum absolute atomic E-state index is 0.268. The zero-order chi connectivity index (χ0) is 9.84. The van der Waals surface area contributed by atoms with Gasteiger partial charge in [-0.1, -0.05) is 6.07 Å². The van der Waals surface area contributed by atoms with Crippen LogP contribution in [0.5, 0.6) is 5.75 Å². The topological polar surface area (TPSA) is 44.3 Å². The average Bonchev–Trinajstić information content (AvgIpc) is 2.11. The zero-order valence-electron chi connectivity index (χ0n) is 7.59. The first-order valence-corrected chi connectivity index (χ1v) is 4.32. The van der Waals surface area contributed by atoms with Gasteiger partial charge in [-0.15, -0.1) is 0 Å². The molecule has 1 aromatic rings. The van der Waals surface area contributed by atoms with Crippen LogP contribution in [0, 0.1) is 6.92 Å². The third kappa shape index (κ3) is 2.59. The molecule has 0 saturated carbocycles. The zero-order valence-corrected chi connectivity index (χ0v) is 8.40. The van der Waals surface area contributed by atoms with E-state index in [9.17, 15) is 5.11 Å². The number of anilines is 1. The lowest BCUT2D eigenvalue weighted by molar-refractivity contribution is 0.471. The number of aromatic hydroxyl groups is 1. The van der Waals surface area contributed by atoms with Crippen molar-refractivity contribution >= 4 is 23.0 Å². The Labute approximate surface area is 82.8 Å². The van der Waals surface area contributed by atoms with E-state index >= 15 is 0 Å². The van der Waals surface area contributed by atoms with Gasteiger partial charge in [-0.2, -0.15) is 0 Å². The van der Waals surface area contributed by atoms with E-state index in [-0.39, 0.29) is 5.75 Å². The van der Waals surface area contributed by atoms with Gasteiger partial charge in [0.1, 0.15) is 5.75 Å². The Balaban J connectivity index is 2.79. The number of aryl methyl sites for hydroxylation is 1. The van der Waals surface area contributed by atoms with E-state index in [1.54, 1.807) is 13.1 Å². The largest absolute Gasteiger partial charge is 0.508 e. The van der Waals surface area contributed by atoms with Gasteiger partial charge in [0, 0.05) is 18.8 Å². The quantitative estimate of drug-likeness (QED) is 0.597. The van der Waals surface area contributed by atoms with Gasteiger partial charge in [-0.3, -0.25) is 0 Å². The summed E-state index contributed by atoms with van der Waals surface area (Å²) in [4.78, 5) is 0. The summed E-state index contributed by atoms with van der Waals surface area (Å²) in [5.74, 6) is 0.268. The molecule has 0 spiro atoms. The molecule has 4 heteroatoms. The van der Waals surface area contributed by atoms with Gasteiger partial charge >= 0.3 is 0 Å². The number of phenols is 1. The van der Waals surface area contributed by atoms with Gasteiger partial charge in [0.05, 0.1) is 0 Å². The molecule has 13 heavy (non-hydrogen) atoms. The molecule has 0 unspecified atom stereocenters. The predicted molar refractivity (Wildman–Crippen MR) is 58.1 cm³/mol. The molecule has 0 atom stereocenters. The van der Waals surface area contributed by atoms with Gasteiger partial charge in [0.15, 0.2) is 5.11 Å². The van der Waals surface area contributed by atoms with Crippen LogP contribution in [-0.2, 0) is 0 Å². The lowest BCUT2D eigenvalue weighted by atomic mass is 10.2. The Bertz CT molecular complexity index is 325. The molecule has 3 N–H and O–H groups in total. The second kappa shape index (κ2) is 4.09. The number of phenolic OH excluding ortho intramolecular Hbond substituents is 1. The molecule has 0 aliphatic carbocycles. The summed E-state index contributed by atoms with van der Waals surface area (Å²) in [7, 11) is 1.74. The Hall–Kier alpha value is -1.29. The molecule has 0 bridgehead atoms. The highest BCUT2D eigenvalue weighted by Gasteiger charge is 1.98. The second-order valence-corrected chi connectivity index (χ2v) is 3.11. The van der Waals surface area contributed by atoms with Gasteiger partial charge in [0.25, 0.3) is 0 Å². The molecule has 3 nitrogen and oxygen atoms in total. The first-order chi connectivity index (χ1) is 6.13. The second-order valence-electron chi connectivity index (χ2n) is 2.71.